The second kappa shape index (κ2) is 6.77. The van der Waals surface area contributed by atoms with E-state index in [9.17, 15) is 4.79 Å². The fourth-order valence-corrected chi connectivity index (χ4v) is 2.39. The first-order chi connectivity index (χ1) is 9.60. The topological polar surface area (TPSA) is 38.3 Å². The molecule has 3 nitrogen and oxygen atoms in total. The van der Waals surface area contributed by atoms with Gasteiger partial charge in [0, 0.05) is 16.0 Å². The minimum Gasteiger partial charge on any atom is -0.496 e. The minimum atomic E-state index is -0.196. The Balaban J connectivity index is 2.09. The van der Waals surface area contributed by atoms with Crippen LogP contribution in [-0.4, -0.2) is 13.0 Å². The van der Waals surface area contributed by atoms with Gasteiger partial charge >= 0.3 is 0 Å². The molecule has 104 valence electrons. The van der Waals surface area contributed by atoms with E-state index in [1.54, 1.807) is 18.2 Å². The van der Waals surface area contributed by atoms with Crippen LogP contribution < -0.4 is 10.1 Å². The van der Waals surface area contributed by atoms with Gasteiger partial charge < -0.3 is 10.1 Å². The lowest BCUT2D eigenvalue weighted by Crippen LogP contribution is -2.23. The van der Waals surface area contributed by atoms with Gasteiger partial charge in [-0.15, -0.1) is 0 Å². The molecule has 0 bridgehead atoms. The highest BCUT2D eigenvalue weighted by atomic mass is 79.9. The molecule has 2 aromatic rings. The van der Waals surface area contributed by atoms with Crippen LogP contribution in [0.15, 0.2) is 46.9 Å². The summed E-state index contributed by atoms with van der Waals surface area (Å²) in [4.78, 5) is 12.1. The van der Waals surface area contributed by atoms with Crippen LogP contribution in [-0.2, 0) is 6.54 Å². The van der Waals surface area contributed by atoms with Crippen LogP contribution in [0.5, 0.6) is 5.75 Å². The van der Waals surface area contributed by atoms with Gasteiger partial charge in [-0.25, -0.2) is 0 Å². The number of carbonyl (C=O) groups is 1. The summed E-state index contributed by atoms with van der Waals surface area (Å²) >= 11 is 9.27. The number of nitrogens with one attached hydrogen (secondary N) is 1. The van der Waals surface area contributed by atoms with Gasteiger partial charge in [-0.05, 0) is 35.9 Å². The quantitative estimate of drug-likeness (QED) is 0.900. The average Bonchev–Trinajstić information content (AvgIpc) is 2.44. The Morgan fingerprint density at radius 1 is 1.30 bits per heavy atom. The van der Waals surface area contributed by atoms with Crippen molar-refractivity contribution in [2.75, 3.05) is 7.11 Å². The van der Waals surface area contributed by atoms with E-state index in [0.717, 1.165) is 10.0 Å². The molecule has 0 aliphatic heterocycles. The highest BCUT2D eigenvalue weighted by molar-refractivity contribution is 9.10. The fourth-order valence-electron chi connectivity index (χ4n) is 1.78. The first kappa shape index (κ1) is 14.9. The summed E-state index contributed by atoms with van der Waals surface area (Å²) < 4.78 is 6.15. The number of rotatable bonds is 4. The van der Waals surface area contributed by atoms with E-state index in [2.05, 4.69) is 21.2 Å². The van der Waals surface area contributed by atoms with Gasteiger partial charge in [-0.1, -0.05) is 39.7 Å². The molecule has 0 aliphatic rings. The zero-order valence-corrected chi connectivity index (χ0v) is 13.2. The summed E-state index contributed by atoms with van der Waals surface area (Å²) in [5.74, 6) is 0.266. The zero-order chi connectivity index (χ0) is 14.5. The van der Waals surface area contributed by atoms with Crippen LogP contribution in [0.3, 0.4) is 0 Å². The maximum Gasteiger partial charge on any atom is 0.255 e. The van der Waals surface area contributed by atoms with Crippen molar-refractivity contribution < 1.29 is 9.53 Å². The van der Waals surface area contributed by atoms with Crippen LogP contribution in [0.4, 0.5) is 0 Å². The highest BCUT2D eigenvalue weighted by Gasteiger charge is 2.12. The molecule has 5 heteroatoms. The molecule has 0 aromatic heterocycles. The molecule has 1 amide bonds. The third-order valence-electron chi connectivity index (χ3n) is 2.75. The van der Waals surface area contributed by atoms with Crippen molar-refractivity contribution in [3.05, 3.63) is 63.1 Å². The van der Waals surface area contributed by atoms with Crippen LogP contribution in [0.1, 0.15) is 15.9 Å². The standard InChI is InChI=1S/C15H13BrClNO2/c1-20-14-8-12(17)5-6-13(14)15(19)18-9-10-3-2-4-11(16)7-10/h2-8H,9H2,1H3,(H,18,19). The maximum absolute atomic E-state index is 12.1. The Labute approximate surface area is 131 Å². The number of amides is 1. The number of hydrogen-bond donors (Lipinski definition) is 1. The van der Waals surface area contributed by atoms with Gasteiger partial charge in [0.25, 0.3) is 5.91 Å². The molecule has 0 spiro atoms. The van der Waals surface area contributed by atoms with E-state index in [-0.39, 0.29) is 5.91 Å². The third kappa shape index (κ3) is 3.74. The first-order valence-corrected chi connectivity index (χ1v) is 7.13. The van der Waals surface area contributed by atoms with E-state index in [1.807, 2.05) is 24.3 Å². The summed E-state index contributed by atoms with van der Waals surface area (Å²) in [7, 11) is 1.51. The van der Waals surface area contributed by atoms with Crippen molar-refractivity contribution in [3.63, 3.8) is 0 Å². The lowest BCUT2D eigenvalue weighted by molar-refractivity contribution is 0.0948. The number of hydrogen-bond acceptors (Lipinski definition) is 2. The van der Waals surface area contributed by atoms with E-state index in [0.29, 0.717) is 22.9 Å². The second-order valence-electron chi connectivity index (χ2n) is 4.16. The van der Waals surface area contributed by atoms with E-state index in [1.165, 1.54) is 7.11 Å². The molecule has 0 saturated heterocycles. The van der Waals surface area contributed by atoms with E-state index >= 15 is 0 Å². The Morgan fingerprint density at radius 3 is 2.80 bits per heavy atom. The minimum absolute atomic E-state index is 0.196. The molecule has 0 radical (unpaired) electrons. The smallest absolute Gasteiger partial charge is 0.255 e. The van der Waals surface area contributed by atoms with Crippen molar-refractivity contribution >= 4 is 33.4 Å². The first-order valence-electron chi connectivity index (χ1n) is 5.96. The SMILES string of the molecule is COc1cc(Cl)ccc1C(=O)NCc1cccc(Br)c1. The van der Waals surface area contributed by atoms with Gasteiger partial charge in [0.1, 0.15) is 5.75 Å². The van der Waals surface area contributed by atoms with Crippen LogP contribution in [0.2, 0.25) is 5.02 Å². The summed E-state index contributed by atoms with van der Waals surface area (Å²) in [6.07, 6.45) is 0. The van der Waals surface area contributed by atoms with Crippen LogP contribution >= 0.6 is 27.5 Å². The zero-order valence-electron chi connectivity index (χ0n) is 10.8. The normalized spacial score (nSPS) is 10.2. The molecule has 0 fully saturated rings. The predicted molar refractivity (Wildman–Crippen MR) is 83.3 cm³/mol. The van der Waals surface area contributed by atoms with Crippen molar-refractivity contribution in [3.8, 4) is 5.75 Å². The Kier molecular flexibility index (Phi) is 5.04. The highest BCUT2D eigenvalue weighted by Crippen LogP contribution is 2.23. The molecular weight excluding hydrogens is 342 g/mol. The van der Waals surface area contributed by atoms with Crippen molar-refractivity contribution in [2.45, 2.75) is 6.54 Å². The number of benzene rings is 2. The second-order valence-corrected chi connectivity index (χ2v) is 5.51. The molecule has 1 N–H and O–H groups in total. The van der Waals surface area contributed by atoms with Gasteiger partial charge in [0.05, 0.1) is 12.7 Å². The molecule has 0 saturated carbocycles. The Bertz CT molecular complexity index is 631. The lowest BCUT2D eigenvalue weighted by atomic mass is 10.1. The molecule has 20 heavy (non-hydrogen) atoms. The predicted octanol–water partition coefficient (Wildman–Crippen LogP) is 4.04. The molecule has 0 atom stereocenters. The molecule has 0 aliphatic carbocycles. The van der Waals surface area contributed by atoms with E-state index < -0.39 is 0 Å². The molecular formula is C15H13BrClNO2. The van der Waals surface area contributed by atoms with Gasteiger partial charge in [0.15, 0.2) is 0 Å². The number of methoxy groups -OCH3 is 1. The number of ether oxygens (including phenoxy) is 1. The Morgan fingerprint density at radius 2 is 2.10 bits per heavy atom. The van der Waals surface area contributed by atoms with Crippen LogP contribution in [0, 0.1) is 0 Å². The molecule has 2 rings (SSSR count). The summed E-state index contributed by atoms with van der Waals surface area (Å²) in [5, 5.41) is 3.39. The molecule has 0 heterocycles. The van der Waals surface area contributed by atoms with Gasteiger partial charge in [-0.3, -0.25) is 4.79 Å². The van der Waals surface area contributed by atoms with Crippen molar-refractivity contribution in [1.29, 1.82) is 0 Å². The fraction of sp³-hybridized carbons (Fsp3) is 0.133. The maximum atomic E-state index is 12.1. The monoisotopic (exact) mass is 353 g/mol. The largest absolute Gasteiger partial charge is 0.496 e. The number of carbonyl (C=O) groups excluding carboxylic acids is 1. The van der Waals surface area contributed by atoms with Crippen molar-refractivity contribution in [1.82, 2.24) is 5.32 Å². The summed E-state index contributed by atoms with van der Waals surface area (Å²) in [5.41, 5.74) is 1.48. The van der Waals surface area contributed by atoms with Gasteiger partial charge in [-0.2, -0.15) is 0 Å². The molecule has 0 unspecified atom stereocenters. The lowest BCUT2D eigenvalue weighted by Gasteiger charge is -2.10. The van der Waals surface area contributed by atoms with E-state index in [4.69, 9.17) is 16.3 Å². The van der Waals surface area contributed by atoms with Crippen molar-refractivity contribution in [2.24, 2.45) is 0 Å². The van der Waals surface area contributed by atoms with Crippen LogP contribution in [0.25, 0.3) is 0 Å². The average molecular weight is 355 g/mol. The molecule has 2 aromatic carbocycles. The third-order valence-corrected chi connectivity index (χ3v) is 3.48. The Hall–Kier alpha value is -1.52. The number of halogens is 2. The summed E-state index contributed by atoms with van der Waals surface area (Å²) in [6.45, 7) is 0.448. The summed E-state index contributed by atoms with van der Waals surface area (Å²) in [6, 6.07) is 12.7. The van der Waals surface area contributed by atoms with Gasteiger partial charge in [0.2, 0.25) is 0 Å².